The molecule has 4 aromatic rings. The van der Waals surface area contributed by atoms with Gasteiger partial charge in [0.05, 0.1) is 18.3 Å². The number of fused-ring (bicyclic) bond motifs is 3. The Hall–Kier alpha value is -2.90. The first-order valence-electron chi connectivity index (χ1n) is 10.5. The summed E-state index contributed by atoms with van der Waals surface area (Å²) < 4.78 is 15.1. The number of hydrogen-bond donors (Lipinski definition) is 1. The van der Waals surface area contributed by atoms with Gasteiger partial charge in [0.15, 0.2) is 0 Å². The zero-order chi connectivity index (χ0) is 21.2. The van der Waals surface area contributed by atoms with Crippen molar-refractivity contribution in [3.8, 4) is 0 Å². The number of rotatable bonds is 6. The largest absolute Gasteiger partial charge is 0.313 e. The molecule has 0 bridgehead atoms. The fraction of sp³-hybridized carbons (Fsp3) is 0.292. The number of pyridine rings is 1. The van der Waals surface area contributed by atoms with E-state index in [4.69, 9.17) is 0 Å². The van der Waals surface area contributed by atoms with Crippen molar-refractivity contribution < 1.29 is 4.39 Å². The second-order valence-electron chi connectivity index (χ2n) is 7.96. The van der Waals surface area contributed by atoms with E-state index in [1.54, 1.807) is 28.3 Å². The Morgan fingerprint density at radius 3 is 2.97 bits per heavy atom. The lowest BCUT2D eigenvalue weighted by molar-refractivity contribution is 0.465. The van der Waals surface area contributed by atoms with Crippen LogP contribution in [0.15, 0.2) is 59.8 Å². The van der Waals surface area contributed by atoms with E-state index in [0.29, 0.717) is 12.6 Å². The number of halogens is 1. The van der Waals surface area contributed by atoms with Crippen molar-refractivity contribution in [2.75, 3.05) is 6.54 Å². The molecular formula is C24H23FN4OS. The summed E-state index contributed by atoms with van der Waals surface area (Å²) >= 11 is 1.63. The molecule has 5 rings (SSSR count). The fourth-order valence-corrected chi connectivity index (χ4v) is 5.53. The summed E-state index contributed by atoms with van der Waals surface area (Å²) in [5, 5.41) is 4.39. The summed E-state index contributed by atoms with van der Waals surface area (Å²) in [4.78, 5) is 24.2. The molecule has 31 heavy (non-hydrogen) atoms. The normalized spacial score (nSPS) is 15.8. The van der Waals surface area contributed by atoms with Crippen LogP contribution < -0.4 is 10.9 Å². The molecule has 0 radical (unpaired) electrons. The lowest BCUT2D eigenvalue weighted by Gasteiger charge is -2.23. The highest BCUT2D eigenvalue weighted by atomic mass is 32.1. The van der Waals surface area contributed by atoms with Crippen LogP contribution in [0, 0.1) is 5.82 Å². The number of aromatic nitrogens is 3. The maximum absolute atomic E-state index is 13.5. The van der Waals surface area contributed by atoms with Crippen molar-refractivity contribution in [2.45, 2.75) is 38.3 Å². The Bertz CT molecular complexity index is 1270. The van der Waals surface area contributed by atoms with Crippen LogP contribution >= 0.6 is 11.3 Å². The Kier molecular flexibility index (Phi) is 5.61. The second kappa shape index (κ2) is 8.69. The molecule has 0 amide bonds. The monoisotopic (exact) mass is 434 g/mol. The highest BCUT2D eigenvalue weighted by Crippen LogP contribution is 2.33. The maximum atomic E-state index is 13.5. The number of hydrogen-bond acceptors (Lipinski definition) is 5. The summed E-state index contributed by atoms with van der Waals surface area (Å²) in [7, 11) is 0. The van der Waals surface area contributed by atoms with E-state index < -0.39 is 0 Å². The predicted octanol–water partition coefficient (Wildman–Crippen LogP) is 3.73. The predicted molar refractivity (Wildman–Crippen MR) is 121 cm³/mol. The van der Waals surface area contributed by atoms with Crippen molar-refractivity contribution in [3.63, 3.8) is 0 Å². The highest BCUT2D eigenvalue weighted by Gasteiger charge is 2.25. The van der Waals surface area contributed by atoms with Gasteiger partial charge in [-0.15, -0.1) is 11.3 Å². The van der Waals surface area contributed by atoms with Gasteiger partial charge in [-0.1, -0.05) is 18.2 Å². The van der Waals surface area contributed by atoms with E-state index in [1.165, 1.54) is 17.0 Å². The molecule has 0 aliphatic heterocycles. The Morgan fingerprint density at radius 2 is 2.13 bits per heavy atom. The molecule has 158 valence electrons. The minimum Gasteiger partial charge on any atom is -0.313 e. The molecule has 0 fully saturated rings. The van der Waals surface area contributed by atoms with Crippen LogP contribution in [0.4, 0.5) is 4.39 Å². The van der Waals surface area contributed by atoms with Gasteiger partial charge in [0.2, 0.25) is 0 Å². The van der Waals surface area contributed by atoms with Crippen molar-refractivity contribution in [1.82, 2.24) is 19.9 Å². The third-order valence-corrected chi connectivity index (χ3v) is 6.98. The molecule has 0 saturated heterocycles. The van der Waals surface area contributed by atoms with Crippen LogP contribution in [-0.2, 0) is 25.8 Å². The molecular weight excluding hydrogens is 411 g/mol. The van der Waals surface area contributed by atoms with E-state index in [0.717, 1.165) is 59.3 Å². The molecule has 3 heterocycles. The average Bonchev–Trinajstić information content (AvgIpc) is 3.15. The summed E-state index contributed by atoms with van der Waals surface area (Å²) in [5.41, 5.74) is 2.96. The van der Waals surface area contributed by atoms with Gasteiger partial charge in [-0.2, -0.15) is 0 Å². The Morgan fingerprint density at radius 1 is 1.19 bits per heavy atom. The lowest BCUT2D eigenvalue weighted by Crippen LogP contribution is -2.35. The van der Waals surface area contributed by atoms with Gasteiger partial charge in [-0.3, -0.25) is 14.3 Å². The zero-order valence-electron chi connectivity index (χ0n) is 17.1. The third-order valence-electron chi connectivity index (χ3n) is 5.82. The highest BCUT2D eigenvalue weighted by molar-refractivity contribution is 7.18. The molecule has 1 aromatic carbocycles. The van der Waals surface area contributed by atoms with Crippen molar-refractivity contribution >= 4 is 21.6 Å². The van der Waals surface area contributed by atoms with Crippen LogP contribution in [0.5, 0.6) is 0 Å². The number of nitrogens with one attached hydrogen (secondary N) is 1. The van der Waals surface area contributed by atoms with Crippen LogP contribution in [-0.4, -0.2) is 27.1 Å². The van der Waals surface area contributed by atoms with Crippen LogP contribution in [0.3, 0.4) is 0 Å². The van der Waals surface area contributed by atoms with Crippen molar-refractivity contribution in [1.29, 1.82) is 0 Å². The van der Waals surface area contributed by atoms with Gasteiger partial charge in [-0.05, 0) is 54.7 Å². The fourth-order valence-electron chi connectivity index (χ4n) is 4.27. The number of aryl methyl sites for hydroxylation is 1. The molecule has 0 unspecified atom stereocenters. The van der Waals surface area contributed by atoms with Gasteiger partial charge in [-0.25, -0.2) is 9.37 Å². The van der Waals surface area contributed by atoms with Gasteiger partial charge < -0.3 is 5.32 Å². The molecule has 5 nitrogen and oxygen atoms in total. The van der Waals surface area contributed by atoms with Gasteiger partial charge in [0.1, 0.15) is 10.6 Å². The van der Waals surface area contributed by atoms with E-state index in [-0.39, 0.29) is 11.4 Å². The SMILES string of the molecule is O=c1c2c3c(sc2ncn1Cc1cccc(F)c1)C[C@H](NCCc1ccccn1)CC3. The molecule has 1 atom stereocenters. The molecule has 1 N–H and O–H groups in total. The number of nitrogens with zero attached hydrogens (tertiary/aromatic N) is 3. The molecule has 0 spiro atoms. The quantitative estimate of drug-likeness (QED) is 0.502. The topological polar surface area (TPSA) is 59.8 Å². The summed E-state index contributed by atoms with van der Waals surface area (Å²) in [6, 6.07) is 12.7. The summed E-state index contributed by atoms with van der Waals surface area (Å²) in [6.45, 7) is 1.21. The lowest BCUT2D eigenvalue weighted by atomic mass is 9.93. The van der Waals surface area contributed by atoms with Gasteiger partial charge >= 0.3 is 0 Å². The molecule has 0 saturated carbocycles. The Balaban J connectivity index is 1.32. The zero-order valence-corrected chi connectivity index (χ0v) is 17.9. The minimum absolute atomic E-state index is 0.0340. The van der Waals surface area contributed by atoms with E-state index in [2.05, 4.69) is 15.3 Å². The summed E-state index contributed by atoms with van der Waals surface area (Å²) in [5.74, 6) is -0.297. The number of thiophene rings is 1. The third kappa shape index (κ3) is 4.29. The van der Waals surface area contributed by atoms with Crippen LogP contribution in [0.2, 0.25) is 0 Å². The minimum atomic E-state index is -0.297. The average molecular weight is 435 g/mol. The smallest absolute Gasteiger partial charge is 0.262 e. The van der Waals surface area contributed by atoms with Gasteiger partial charge in [0.25, 0.3) is 5.56 Å². The first-order valence-corrected chi connectivity index (χ1v) is 11.4. The first kappa shape index (κ1) is 20.0. The second-order valence-corrected chi connectivity index (χ2v) is 9.04. The van der Waals surface area contributed by atoms with Crippen molar-refractivity contribution in [2.24, 2.45) is 0 Å². The van der Waals surface area contributed by atoms with Crippen LogP contribution in [0.1, 0.15) is 28.1 Å². The molecule has 1 aliphatic carbocycles. The van der Waals surface area contributed by atoms with E-state index >= 15 is 0 Å². The first-order chi connectivity index (χ1) is 15.2. The molecule has 1 aliphatic rings. The van der Waals surface area contributed by atoms with E-state index in [9.17, 15) is 9.18 Å². The number of benzene rings is 1. The Labute approximate surface area is 183 Å². The maximum Gasteiger partial charge on any atom is 0.262 e. The standard InChI is InChI=1S/C24H23FN4OS/c25-17-5-3-4-16(12-17)14-29-15-28-23-22(24(29)30)20-8-7-19(13-21(20)31-23)27-11-9-18-6-1-2-10-26-18/h1-6,10,12,15,19,27H,7-9,11,13-14H2/t19-/m1/s1. The summed E-state index contributed by atoms with van der Waals surface area (Å²) in [6.07, 6.45) is 7.11. The van der Waals surface area contributed by atoms with Crippen LogP contribution in [0.25, 0.3) is 10.2 Å². The molecule has 3 aromatic heterocycles. The van der Waals surface area contributed by atoms with Crippen molar-refractivity contribution in [3.05, 3.63) is 92.9 Å². The molecule has 7 heteroatoms. The van der Waals surface area contributed by atoms with E-state index in [1.807, 2.05) is 30.5 Å². The van der Waals surface area contributed by atoms with Gasteiger partial charge in [0, 0.05) is 35.8 Å².